The average Bonchev–Trinajstić information content (AvgIpc) is 2.36. The summed E-state index contributed by atoms with van der Waals surface area (Å²) in [6.07, 6.45) is 0.701. The molecule has 7 nitrogen and oxygen atoms in total. The van der Waals surface area contributed by atoms with Crippen LogP contribution >= 0.6 is 0 Å². The van der Waals surface area contributed by atoms with E-state index in [0.717, 1.165) is 6.07 Å². The summed E-state index contributed by atoms with van der Waals surface area (Å²) < 4.78 is 4.93. The van der Waals surface area contributed by atoms with Crippen molar-refractivity contribution in [3.05, 3.63) is 33.9 Å². The number of rotatable bonds is 7. The second-order valence-electron chi connectivity index (χ2n) is 4.12. The summed E-state index contributed by atoms with van der Waals surface area (Å²) in [4.78, 5) is 21.1. The number of nitro groups is 1. The van der Waals surface area contributed by atoms with Gasteiger partial charge in [0.25, 0.3) is 5.69 Å². The minimum absolute atomic E-state index is 0.000457. The van der Waals surface area contributed by atoms with Crippen LogP contribution in [0.25, 0.3) is 0 Å². The summed E-state index contributed by atoms with van der Waals surface area (Å²) in [5.74, 6) is -1.20. The predicted octanol–water partition coefficient (Wildman–Crippen LogP) is 2.13. The van der Waals surface area contributed by atoms with Crippen molar-refractivity contribution in [3.8, 4) is 0 Å². The van der Waals surface area contributed by atoms with Crippen LogP contribution in [0.5, 0.6) is 0 Å². The molecule has 19 heavy (non-hydrogen) atoms. The molecule has 0 bridgehead atoms. The maximum atomic E-state index is 11.1. The van der Waals surface area contributed by atoms with Crippen molar-refractivity contribution in [2.24, 2.45) is 0 Å². The smallest absolute Gasteiger partial charge is 0.338 e. The van der Waals surface area contributed by atoms with E-state index in [1.807, 2.05) is 6.92 Å². The van der Waals surface area contributed by atoms with Crippen molar-refractivity contribution >= 4 is 17.3 Å². The highest BCUT2D eigenvalue weighted by Crippen LogP contribution is 2.23. The van der Waals surface area contributed by atoms with Crippen molar-refractivity contribution in [2.45, 2.75) is 19.4 Å². The zero-order valence-electron chi connectivity index (χ0n) is 10.8. The van der Waals surface area contributed by atoms with Gasteiger partial charge in [-0.15, -0.1) is 0 Å². The van der Waals surface area contributed by atoms with E-state index >= 15 is 0 Å². The Labute approximate surface area is 110 Å². The van der Waals surface area contributed by atoms with Gasteiger partial charge in [-0.1, -0.05) is 0 Å². The first-order chi connectivity index (χ1) is 8.95. The predicted molar refractivity (Wildman–Crippen MR) is 69.6 cm³/mol. The largest absolute Gasteiger partial charge is 0.478 e. The highest BCUT2D eigenvalue weighted by Gasteiger charge is 2.17. The summed E-state index contributed by atoms with van der Waals surface area (Å²) >= 11 is 0. The highest BCUT2D eigenvalue weighted by molar-refractivity contribution is 5.95. The topological polar surface area (TPSA) is 102 Å². The number of carboxylic acids is 1. The van der Waals surface area contributed by atoms with E-state index in [4.69, 9.17) is 9.84 Å². The van der Waals surface area contributed by atoms with Crippen molar-refractivity contribution in [2.75, 3.05) is 19.0 Å². The second kappa shape index (κ2) is 6.69. The van der Waals surface area contributed by atoms with Gasteiger partial charge >= 0.3 is 5.97 Å². The van der Waals surface area contributed by atoms with E-state index in [2.05, 4.69) is 5.32 Å². The maximum absolute atomic E-state index is 11.1. The van der Waals surface area contributed by atoms with E-state index < -0.39 is 10.9 Å². The van der Waals surface area contributed by atoms with Crippen molar-refractivity contribution < 1.29 is 19.6 Å². The molecule has 0 aromatic heterocycles. The van der Waals surface area contributed by atoms with Gasteiger partial charge in [-0.3, -0.25) is 10.1 Å². The molecule has 0 spiro atoms. The third-order valence-corrected chi connectivity index (χ3v) is 2.60. The zero-order valence-corrected chi connectivity index (χ0v) is 10.8. The SMILES string of the molecule is COCCC(C)Nc1ccc([N+](=O)[O-])cc1C(=O)O. The molecule has 7 heteroatoms. The van der Waals surface area contributed by atoms with Crippen LogP contribution < -0.4 is 5.32 Å². The fourth-order valence-corrected chi connectivity index (χ4v) is 1.58. The molecule has 0 radical (unpaired) electrons. The van der Waals surface area contributed by atoms with E-state index in [1.54, 1.807) is 7.11 Å². The second-order valence-corrected chi connectivity index (χ2v) is 4.12. The fourth-order valence-electron chi connectivity index (χ4n) is 1.58. The minimum atomic E-state index is -1.20. The summed E-state index contributed by atoms with van der Waals surface area (Å²) in [5, 5.41) is 22.7. The van der Waals surface area contributed by atoms with Gasteiger partial charge in [0, 0.05) is 37.6 Å². The van der Waals surface area contributed by atoms with Gasteiger partial charge in [-0.2, -0.15) is 0 Å². The third-order valence-electron chi connectivity index (χ3n) is 2.60. The molecule has 0 saturated carbocycles. The van der Waals surface area contributed by atoms with Gasteiger partial charge in [0.15, 0.2) is 0 Å². The molecule has 0 fully saturated rings. The Morgan fingerprint density at radius 2 is 2.26 bits per heavy atom. The Bertz CT molecular complexity index is 475. The number of hydrogen-bond donors (Lipinski definition) is 2. The van der Waals surface area contributed by atoms with Gasteiger partial charge in [0.05, 0.1) is 10.5 Å². The lowest BCUT2D eigenvalue weighted by molar-refractivity contribution is -0.384. The number of non-ortho nitro benzene ring substituents is 1. The first kappa shape index (κ1) is 14.9. The molecule has 1 aromatic rings. The molecule has 104 valence electrons. The van der Waals surface area contributed by atoms with Crippen LogP contribution in [-0.2, 0) is 4.74 Å². The Hall–Kier alpha value is -2.15. The number of nitrogens with one attached hydrogen (secondary N) is 1. The van der Waals surface area contributed by atoms with Crippen LogP contribution in [0.1, 0.15) is 23.7 Å². The monoisotopic (exact) mass is 268 g/mol. The quantitative estimate of drug-likeness (QED) is 0.580. The first-order valence-electron chi connectivity index (χ1n) is 5.73. The van der Waals surface area contributed by atoms with Gasteiger partial charge in [0.2, 0.25) is 0 Å². The molecular weight excluding hydrogens is 252 g/mol. The normalized spacial score (nSPS) is 11.9. The molecule has 0 heterocycles. The number of benzene rings is 1. The third kappa shape index (κ3) is 4.22. The Morgan fingerprint density at radius 1 is 1.58 bits per heavy atom. The summed E-state index contributed by atoms with van der Waals surface area (Å²) in [6.45, 7) is 2.43. The van der Waals surface area contributed by atoms with E-state index in [9.17, 15) is 14.9 Å². The molecule has 1 aromatic carbocycles. The number of methoxy groups -OCH3 is 1. The molecular formula is C12H16N2O5. The van der Waals surface area contributed by atoms with Crippen LogP contribution in [0, 0.1) is 10.1 Å². The van der Waals surface area contributed by atoms with E-state index in [0.29, 0.717) is 18.7 Å². The summed E-state index contributed by atoms with van der Waals surface area (Å²) in [5.41, 5.74) is 0.00710. The van der Waals surface area contributed by atoms with Crippen LogP contribution in [-0.4, -0.2) is 35.8 Å². The van der Waals surface area contributed by atoms with Gasteiger partial charge in [-0.05, 0) is 19.4 Å². The van der Waals surface area contributed by atoms with Crippen molar-refractivity contribution in [3.63, 3.8) is 0 Å². The molecule has 0 aliphatic heterocycles. The van der Waals surface area contributed by atoms with Gasteiger partial charge < -0.3 is 15.2 Å². The molecule has 0 saturated heterocycles. The maximum Gasteiger partial charge on any atom is 0.338 e. The van der Waals surface area contributed by atoms with E-state index in [1.165, 1.54) is 12.1 Å². The highest BCUT2D eigenvalue weighted by atomic mass is 16.6. The first-order valence-corrected chi connectivity index (χ1v) is 5.73. The molecule has 0 aliphatic rings. The van der Waals surface area contributed by atoms with Crippen molar-refractivity contribution in [1.29, 1.82) is 0 Å². The number of nitrogens with zero attached hydrogens (tertiary/aromatic N) is 1. The fraction of sp³-hybridized carbons (Fsp3) is 0.417. The number of carboxylic acid groups (broad SMARTS) is 1. The molecule has 1 rings (SSSR count). The lowest BCUT2D eigenvalue weighted by Gasteiger charge is -2.16. The standard InChI is InChI=1S/C12H16N2O5/c1-8(5-6-19-2)13-11-4-3-9(14(17)18)7-10(11)12(15)16/h3-4,7-8,13H,5-6H2,1-2H3,(H,15,16). The Balaban J connectivity index is 2.94. The zero-order chi connectivity index (χ0) is 14.4. The Morgan fingerprint density at radius 3 is 2.79 bits per heavy atom. The molecule has 2 N–H and O–H groups in total. The number of carbonyl (C=O) groups is 1. The summed E-state index contributed by atoms with van der Waals surface area (Å²) in [6, 6.07) is 3.73. The molecule has 1 unspecified atom stereocenters. The molecule has 1 atom stereocenters. The molecule has 0 amide bonds. The summed E-state index contributed by atoms with van der Waals surface area (Å²) in [7, 11) is 1.58. The van der Waals surface area contributed by atoms with E-state index in [-0.39, 0.29) is 17.3 Å². The number of ether oxygens (including phenoxy) is 1. The number of nitro benzene ring substituents is 1. The van der Waals surface area contributed by atoms with Crippen LogP contribution in [0.3, 0.4) is 0 Å². The number of hydrogen-bond acceptors (Lipinski definition) is 5. The number of aromatic carboxylic acids is 1. The van der Waals surface area contributed by atoms with Gasteiger partial charge in [-0.25, -0.2) is 4.79 Å². The lowest BCUT2D eigenvalue weighted by atomic mass is 10.1. The average molecular weight is 268 g/mol. The number of anilines is 1. The van der Waals surface area contributed by atoms with Gasteiger partial charge in [0.1, 0.15) is 0 Å². The van der Waals surface area contributed by atoms with Crippen LogP contribution in [0.2, 0.25) is 0 Å². The Kier molecular flexibility index (Phi) is 5.25. The molecule has 0 aliphatic carbocycles. The minimum Gasteiger partial charge on any atom is -0.478 e. The lowest BCUT2D eigenvalue weighted by Crippen LogP contribution is -2.19. The van der Waals surface area contributed by atoms with Crippen molar-refractivity contribution in [1.82, 2.24) is 0 Å². The van der Waals surface area contributed by atoms with Crippen LogP contribution in [0.15, 0.2) is 18.2 Å². The van der Waals surface area contributed by atoms with Crippen LogP contribution in [0.4, 0.5) is 11.4 Å².